The van der Waals surface area contributed by atoms with E-state index < -0.39 is 10.4 Å². The molecular formula is C8H16N6O6S. The quantitative estimate of drug-likeness (QED) is 0.199. The third-order valence-electron chi connectivity index (χ3n) is 1.96. The lowest BCUT2D eigenvalue weighted by Gasteiger charge is -2.06. The van der Waals surface area contributed by atoms with Crippen LogP contribution in [0.4, 0.5) is 11.6 Å². The molecule has 1 aromatic carbocycles. The molecule has 13 heteroatoms. The highest BCUT2D eigenvalue weighted by Crippen LogP contribution is 2.24. The van der Waals surface area contributed by atoms with E-state index in [1.807, 2.05) is 24.3 Å². The smallest absolute Gasteiger partial charge is 0.394 e. The predicted molar refractivity (Wildman–Crippen MR) is 76.6 cm³/mol. The molecule has 2 aromatic rings. The lowest BCUT2D eigenvalue weighted by molar-refractivity contribution is 0.381. The largest absolute Gasteiger partial charge is 0.412 e. The molecule has 2 rings (SSSR count). The molecule has 1 heterocycles. The number of hydrogen-bond acceptors (Lipinski definition) is 8. The highest BCUT2D eigenvalue weighted by atomic mass is 32.3. The van der Waals surface area contributed by atoms with E-state index in [0.29, 0.717) is 11.6 Å². The summed E-state index contributed by atoms with van der Waals surface area (Å²) in [6.45, 7) is 0. The van der Waals surface area contributed by atoms with Crippen molar-refractivity contribution >= 4 is 32.8 Å². The fraction of sp³-hybridized carbons (Fsp3) is 0. The number of nitrogens with one attached hydrogen (secondary N) is 2. The first-order chi connectivity index (χ1) is 8.86. The first kappa shape index (κ1) is 21.2. The van der Waals surface area contributed by atoms with Gasteiger partial charge < -0.3 is 21.8 Å². The van der Waals surface area contributed by atoms with Gasteiger partial charge in [0.2, 0.25) is 0 Å². The highest BCUT2D eigenvalue weighted by molar-refractivity contribution is 7.79. The van der Waals surface area contributed by atoms with Crippen molar-refractivity contribution in [3.63, 3.8) is 0 Å². The molecule has 12 nitrogen and oxygen atoms in total. The number of nitrogen functional groups attached to an aromatic ring is 2. The summed E-state index contributed by atoms with van der Waals surface area (Å²) in [7, 11) is -4.67. The Hall–Kier alpha value is -2.13. The molecule has 120 valence electrons. The minimum Gasteiger partial charge on any atom is -0.412 e. The fourth-order valence-electron chi connectivity index (χ4n) is 1.32. The molecule has 0 unspecified atom stereocenters. The molecule has 1 aromatic heterocycles. The molecule has 0 aliphatic carbocycles. The van der Waals surface area contributed by atoms with E-state index in [4.69, 9.17) is 29.2 Å². The molecule has 21 heavy (non-hydrogen) atoms. The molecular weight excluding hydrogens is 308 g/mol. The fourth-order valence-corrected chi connectivity index (χ4v) is 1.32. The van der Waals surface area contributed by atoms with Crippen LogP contribution in [0.25, 0.3) is 10.8 Å². The van der Waals surface area contributed by atoms with Crippen molar-refractivity contribution in [2.75, 3.05) is 10.9 Å². The van der Waals surface area contributed by atoms with Crippen LogP contribution in [-0.4, -0.2) is 38.7 Å². The van der Waals surface area contributed by atoms with Crippen LogP contribution in [0.2, 0.25) is 0 Å². The van der Waals surface area contributed by atoms with Crippen LogP contribution in [0.3, 0.4) is 0 Å². The second kappa shape index (κ2) is 8.93. The second-order valence-corrected chi connectivity index (χ2v) is 4.07. The molecule has 0 aliphatic heterocycles. The molecule has 0 atom stereocenters. The summed E-state index contributed by atoms with van der Waals surface area (Å²) in [5, 5.41) is 9.48. The van der Waals surface area contributed by atoms with Gasteiger partial charge in [-0.05, 0) is 0 Å². The van der Waals surface area contributed by atoms with Crippen molar-refractivity contribution in [1.82, 2.24) is 10.2 Å². The first-order valence-electron chi connectivity index (χ1n) is 4.75. The normalized spacial score (nSPS) is 9.52. The van der Waals surface area contributed by atoms with Crippen molar-refractivity contribution in [1.29, 1.82) is 0 Å². The van der Waals surface area contributed by atoms with E-state index in [1.165, 1.54) is 0 Å². The van der Waals surface area contributed by atoms with Gasteiger partial charge in [-0.3, -0.25) is 9.11 Å². The van der Waals surface area contributed by atoms with Crippen molar-refractivity contribution < 1.29 is 28.5 Å². The van der Waals surface area contributed by atoms with E-state index in [1.54, 1.807) is 0 Å². The summed E-state index contributed by atoms with van der Waals surface area (Å²) in [5.74, 6) is 11.7. The van der Waals surface area contributed by atoms with Crippen molar-refractivity contribution in [2.45, 2.75) is 0 Å². The Morgan fingerprint density at radius 1 is 0.905 bits per heavy atom. The van der Waals surface area contributed by atoms with E-state index in [9.17, 15) is 0 Å². The van der Waals surface area contributed by atoms with Crippen LogP contribution in [0, 0.1) is 0 Å². The SMILES string of the molecule is NNc1nnc(NN)c2ccccc12.O.O.O=S(=O)(O)O. The average Bonchev–Trinajstić information content (AvgIpc) is 2.35. The minimum atomic E-state index is -4.67. The van der Waals surface area contributed by atoms with E-state index in [2.05, 4.69) is 21.0 Å². The standard InChI is InChI=1S/C8H10N6.H2O4S.2H2O/c9-11-7-5-3-1-2-4-6(5)8(12-10)14-13-7;1-5(2,3)4;;/h1-4H,9-10H2,(H,11,13)(H,12,14);(H2,1,2,3,4);2*1H2. The maximum Gasteiger partial charge on any atom is 0.394 e. The molecule has 0 saturated heterocycles. The number of anilines is 2. The Labute approximate surface area is 119 Å². The zero-order valence-electron chi connectivity index (χ0n) is 10.5. The van der Waals surface area contributed by atoms with E-state index >= 15 is 0 Å². The summed E-state index contributed by atoms with van der Waals surface area (Å²) >= 11 is 0. The molecule has 0 spiro atoms. The minimum absolute atomic E-state index is 0. The van der Waals surface area contributed by atoms with Gasteiger partial charge in [-0.2, -0.15) is 8.42 Å². The zero-order valence-corrected chi connectivity index (χ0v) is 11.3. The van der Waals surface area contributed by atoms with Gasteiger partial charge in [-0.1, -0.05) is 24.3 Å². The number of nitrogens with zero attached hydrogens (tertiary/aromatic N) is 2. The van der Waals surface area contributed by atoms with Gasteiger partial charge in [0.05, 0.1) is 0 Å². The lowest BCUT2D eigenvalue weighted by Crippen LogP contribution is -2.13. The van der Waals surface area contributed by atoms with Crippen molar-refractivity contribution in [3.05, 3.63) is 24.3 Å². The molecule has 0 radical (unpaired) electrons. The van der Waals surface area contributed by atoms with Gasteiger partial charge in [0.15, 0.2) is 11.6 Å². The summed E-state index contributed by atoms with van der Waals surface area (Å²) in [6.07, 6.45) is 0. The predicted octanol–water partition coefficient (Wildman–Crippen LogP) is -2.10. The van der Waals surface area contributed by atoms with Crippen LogP contribution < -0.4 is 22.5 Å². The van der Waals surface area contributed by atoms with Crippen LogP contribution in [0.15, 0.2) is 24.3 Å². The Bertz CT molecular complexity index is 615. The third-order valence-corrected chi connectivity index (χ3v) is 1.96. The number of rotatable bonds is 2. The first-order valence-corrected chi connectivity index (χ1v) is 6.15. The van der Waals surface area contributed by atoms with Crippen LogP contribution in [0.1, 0.15) is 0 Å². The number of fused-ring (bicyclic) bond motifs is 1. The molecule has 0 bridgehead atoms. The maximum absolute atomic E-state index is 8.74. The number of hydrogen-bond donors (Lipinski definition) is 6. The maximum atomic E-state index is 8.74. The van der Waals surface area contributed by atoms with Crippen LogP contribution >= 0.6 is 0 Å². The number of hydrazine groups is 2. The Morgan fingerprint density at radius 3 is 1.43 bits per heavy atom. The summed E-state index contributed by atoms with van der Waals surface area (Å²) in [4.78, 5) is 0. The molecule has 0 aliphatic rings. The monoisotopic (exact) mass is 324 g/mol. The average molecular weight is 324 g/mol. The second-order valence-electron chi connectivity index (χ2n) is 3.18. The van der Waals surface area contributed by atoms with Gasteiger partial charge in [0.1, 0.15) is 0 Å². The third kappa shape index (κ3) is 6.72. The highest BCUT2D eigenvalue weighted by Gasteiger charge is 2.05. The number of aromatic nitrogens is 2. The van der Waals surface area contributed by atoms with Crippen molar-refractivity contribution in [2.24, 2.45) is 11.7 Å². The topological polar surface area (TPSA) is 239 Å². The number of benzene rings is 1. The van der Waals surface area contributed by atoms with Gasteiger partial charge in [0.25, 0.3) is 0 Å². The summed E-state index contributed by atoms with van der Waals surface area (Å²) < 4.78 is 31.6. The van der Waals surface area contributed by atoms with Gasteiger partial charge >= 0.3 is 10.4 Å². The van der Waals surface area contributed by atoms with E-state index in [-0.39, 0.29) is 11.0 Å². The zero-order chi connectivity index (χ0) is 14.5. The Kier molecular flexibility index (Phi) is 9.00. The van der Waals surface area contributed by atoms with E-state index in [0.717, 1.165) is 10.8 Å². The van der Waals surface area contributed by atoms with Crippen molar-refractivity contribution in [3.8, 4) is 0 Å². The van der Waals surface area contributed by atoms with Crippen LogP contribution in [-0.2, 0) is 10.4 Å². The van der Waals surface area contributed by atoms with Crippen LogP contribution in [0.5, 0.6) is 0 Å². The summed E-state index contributed by atoms with van der Waals surface area (Å²) in [6, 6.07) is 7.57. The van der Waals surface area contributed by atoms with Gasteiger partial charge in [-0.15, -0.1) is 10.2 Å². The Morgan fingerprint density at radius 2 is 1.19 bits per heavy atom. The lowest BCUT2D eigenvalue weighted by atomic mass is 10.2. The molecule has 0 amide bonds. The molecule has 0 saturated carbocycles. The van der Waals surface area contributed by atoms with Gasteiger partial charge in [-0.25, -0.2) is 11.7 Å². The van der Waals surface area contributed by atoms with Gasteiger partial charge in [0, 0.05) is 10.8 Å². The molecule has 0 fully saturated rings. The number of nitrogens with two attached hydrogens (primary N) is 2. The molecule has 12 N–H and O–H groups in total. The Balaban J connectivity index is 0. The summed E-state index contributed by atoms with van der Waals surface area (Å²) in [5.41, 5.74) is 4.96.